The monoisotopic (exact) mass is 406 g/mol. The van der Waals surface area contributed by atoms with Crippen molar-refractivity contribution >= 4 is 11.8 Å². The Morgan fingerprint density at radius 3 is 2.03 bits per heavy atom. The van der Waals surface area contributed by atoms with Gasteiger partial charge in [-0.3, -0.25) is 9.59 Å². The summed E-state index contributed by atoms with van der Waals surface area (Å²) < 4.78 is 15.7. The lowest BCUT2D eigenvalue weighted by molar-refractivity contribution is 0.0532. The van der Waals surface area contributed by atoms with Gasteiger partial charge in [-0.2, -0.15) is 5.10 Å². The van der Waals surface area contributed by atoms with Crippen molar-refractivity contribution in [1.29, 1.82) is 0 Å². The zero-order valence-corrected chi connectivity index (χ0v) is 17.0. The largest absolute Gasteiger partial charge is 0.335 e. The molecule has 2 amide bonds. The summed E-state index contributed by atoms with van der Waals surface area (Å²) in [6, 6.07) is 15.7. The highest BCUT2D eigenvalue weighted by Gasteiger charge is 2.29. The number of hydrogen-bond donors (Lipinski definition) is 0. The summed E-state index contributed by atoms with van der Waals surface area (Å²) in [5, 5.41) is 4.55. The molecule has 1 aliphatic rings. The molecule has 4 rings (SSSR count). The lowest BCUT2D eigenvalue weighted by atomic mass is 10.1. The van der Waals surface area contributed by atoms with Gasteiger partial charge in [0.15, 0.2) is 0 Å². The minimum Gasteiger partial charge on any atom is -0.335 e. The topological polar surface area (TPSA) is 58.4 Å². The van der Waals surface area contributed by atoms with Crippen LogP contribution >= 0.6 is 0 Å². The van der Waals surface area contributed by atoms with Crippen LogP contribution in [0.5, 0.6) is 0 Å². The lowest BCUT2D eigenvalue weighted by Gasteiger charge is -2.35. The maximum atomic E-state index is 13.9. The zero-order chi connectivity index (χ0) is 21.3. The van der Waals surface area contributed by atoms with Crippen molar-refractivity contribution in [1.82, 2.24) is 19.6 Å². The summed E-state index contributed by atoms with van der Waals surface area (Å²) in [4.78, 5) is 29.1. The number of rotatable bonds is 3. The Hall–Kier alpha value is -3.48. The first kappa shape index (κ1) is 19.8. The molecule has 1 saturated heterocycles. The molecule has 1 aromatic heterocycles. The van der Waals surface area contributed by atoms with Gasteiger partial charge in [-0.05, 0) is 38.1 Å². The Labute approximate surface area is 174 Å². The van der Waals surface area contributed by atoms with Gasteiger partial charge < -0.3 is 9.80 Å². The number of carbonyl (C=O) groups is 2. The molecule has 0 atom stereocenters. The molecule has 2 heterocycles. The third-order valence-electron chi connectivity index (χ3n) is 5.46. The first-order valence-corrected chi connectivity index (χ1v) is 9.92. The van der Waals surface area contributed by atoms with Crippen LogP contribution in [0.2, 0.25) is 0 Å². The van der Waals surface area contributed by atoms with E-state index in [9.17, 15) is 14.0 Å². The zero-order valence-electron chi connectivity index (χ0n) is 17.0. The summed E-state index contributed by atoms with van der Waals surface area (Å²) in [5.74, 6) is -0.963. The fraction of sp³-hybridized carbons (Fsp3) is 0.261. The van der Waals surface area contributed by atoms with Gasteiger partial charge in [0.05, 0.1) is 28.2 Å². The maximum absolute atomic E-state index is 13.9. The fourth-order valence-electron chi connectivity index (χ4n) is 3.85. The van der Waals surface area contributed by atoms with Gasteiger partial charge in [0.2, 0.25) is 0 Å². The van der Waals surface area contributed by atoms with Gasteiger partial charge in [-0.25, -0.2) is 9.07 Å². The number of halogens is 1. The summed E-state index contributed by atoms with van der Waals surface area (Å²) in [5.41, 5.74) is 3.01. The molecule has 154 valence electrons. The molecule has 0 bridgehead atoms. The molecule has 2 aromatic carbocycles. The molecule has 0 N–H and O–H groups in total. The second kappa shape index (κ2) is 8.10. The standard InChI is InChI=1S/C23H23FN4O2/c1-16-21(17(2)28(25-16)18-8-4-3-5-9-18)23(30)27-14-12-26(13-15-27)22(29)19-10-6-7-11-20(19)24/h3-11H,12-15H2,1-2H3. The van der Waals surface area contributed by atoms with Crippen molar-refractivity contribution in [2.24, 2.45) is 0 Å². The Kier molecular flexibility index (Phi) is 5.35. The summed E-state index contributed by atoms with van der Waals surface area (Å²) >= 11 is 0. The van der Waals surface area contributed by atoms with Crippen LogP contribution in [0.3, 0.4) is 0 Å². The first-order chi connectivity index (χ1) is 14.5. The number of para-hydroxylation sites is 1. The number of carbonyl (C=O) groups excluding carboxylic acids is 2. The van der Waals surface area contributed by atoms with E-state index in [0.717, 1.165) is 11.4 Å². The van der Waals surface area contributed by atoms with Gasteiger partial charge >= 0.3 is 0 Å². The Balaban J connectivity index is 1.48. The summed E-state index contributed by atoms with van der Waals surface area (Å²) in [6.07, 6.45) is 0. The predicted molar refractivity (Wildman–Crippen MR) is 111 cm³/mol. The van der Waals surface area contributed by atoms with E-state index in [-0.39, 0.29) is 17.4 Å². The molecule has 0 aliphatic carbocycles. The Morgan fingerprint density at radius 2 is 1.40 bits per heavy atom. The van der Waals surface area contributed by atoms with Crippen molar-refractivity contribution in [3.63, 3.8) is 0 Å². The van der Waals surface area contributed by atoms with E-state index in [1.54, 1.807) is 26.6 Å². The molecule has 1 aliphatic heterocycles. The third-order valence-corrected chi connectivity index (χ3v) is 5.46. The van der Waals surface area contributed by atoms with Crippen LogP contribution in [0.15, 0.2) is 54.6 Å². The van der Waals surface area contributed by atoms with Crippen LogP contribution in [-0.2, 0) is 0 Å². The van der Waals surface area contributed by atoms with Crippen molar-refractivity contribution < 1.29 is 14.0 Å². The average Bonchev–Trinajstić information content (AvgIpc) is 3.08. The smallest absolute Gasteiger partial charge is 0.257 e. The average molecular weight is 406 g/mol. The van der Waals surface area contributed by atoms with Crippen molar-refractivity contribution in [3.8, 4) is 5.69 Å². The molecule has 0 radical (unpaired) electrons. The van der Waals surface area contributed by atoms with Crippen LogP contribution < -0.4 is 0 Å². The van der Waals surface area contributed by atoms with Crippen LogP contribution in [0, 0.1) is 19.7 Å². The van der Waals surface area contributed by atoms with Gasteiger partial charge in [0.25, 0.3) is 11.8 Å². The van der Waals surface area contributed by atoms with Gasteiger partial charge in [0, 0.05) is 26.2 Å². The van der Waals surface area contributed by atoms with E-state index < -0.39 is 5.82 Å². The number of amides is 2. The van der Waals surface area contributed by atoms with Gasteiger partial charge in [-0.1, -0.05) is 30.3 Å². The normalized spacial score (nSPS) is 14.1. The number of hydrogen-bond acceptors (Lipinski definition) is 3. The van der Waals surface area contributed by atoms with E-state index in [4.69, 9.17) is 0 Å². The summed E-state index contributed by atoms with van der Waals surface area (Å²) in [6.45, 7) is 5.24. The molecule has 6 nitrogen and oxygen atoms in total. The molecular formula is C23H23FN4O2. The molecule has 0 saturated carbocycles. The second-order valence-corrected chi connectivity index (χ2v) is 7.36. The van der Waals surface area contributed by atoms with E-state index in [1.807, 2.05) is 44.2 Å². The Morgan fingerprint density at radius 1 is 0.833 bits per heavy atom. The lowest BCUT2D eigenvalue weighted by Crippen LogP contribution is -2.50. The number of nitrogens with zero attached hydrogens (tertiary/aromatic N) is 4. The summed E-state index contributed by atoms with van der Waals surface area (Å²) in [7, 11) is 0. The fourth-order valence-corrected chi connectivity index (χ4v) is 3.85. The van der Waals surface area contributed by atoms with Crippen LogP contribution in [-0.4, -0.2) is 57.6 Å². The maximum Gasteiger partial charge on any atom is 0.257 e. The van der Waals surface area contributed by atoms with Crippen LogP contribution in [0.1, 0.15) is 32.1 Å². The quantitative estimate of drug-likeness (QED) is 0.671. The molecule has 30 heavy (non-hydrogen) atoms. The van der Waals surface area contributed by atoms with Gasteiger partial charge in [0.1, 0.15) is 5.82 Å². The van der Waals surface area contributed by atoms with Crippen molar-refractivity contribution in [3.05, 3.63) is 82.9 Å². The molecule has 3 aromatic rings. The van der Waals surface area contributed by atoms with E-state index in [0.29, 0.717) is 37.4 Å². The number of aromatic nitrogens is 2. The highest BCUT2D eigenvalue weighted by Crippen LogP contribution is 2.21. The number of piperazine rings is 1. The van der Waals surface area contributed by atoms with E-state index >= 15 is 0 Å². The molecule has 7 heteroatoms. The third kappa shape index (κ3) is 3.58. The molecule has 1 fully saturated rings. The highest BCUT2D eigenvalue weighted by molar-refractivity contribution is 5.97. The molecular weight excluding hydrogens is 383 g/mol. The van der Waals surface area contributed by atoms with Crippen molar-refractivity contribution in [2.45, 2.75) is 13.8 Å². The number of aryl methyl sites for hydroxylation is 1. The minimum atomic E-state index is -0.527. The Bertz CT molecular complexity index is 1090. The predicted octanol–water partition coefficient (Wildman–Crippen LogP) is 3.23. The van der Waals surface area contributed by atoms with Gasteiger partial charge in [-0.15, -0.1) is 0 Å². The van der Waals surface area contributed by atoms with Crippen molar-refractivity contribution in [2.75, 3.05) is 26.2 Å². The van der Waals surface area contributed by atoms with E-state index in [1.165, 1.54) is 12.1 Å². The van der Waals surface area contributed by atoms with E-state index in [2.05, 4.69) is 5.10 Å². The second-order valence-electron chi connectivity index (χ2n) is 7.36. The minimum absolute atomic E-state index is 0.0631. The number of benzene rings is 2. The first-order valence-electron chi connectivity index (χ1n) is 9.92. The van der Waals surface area contributed by atoms with Crippen LogP contribution in [0.25, 0.3) is 5.69 Å². The molecule has 0 spiro atoms. The SMILES string of the molecule is Cc1nn(-c2ccccc2)c(C)c1C(=O)N1CCN(C(=O)c2ccccc2F)CC1. The molecule has 0 unspecified atom stereocenters. The highest BCUT2D eigenvalue weighted by atomic mass is 19.1. The van der Waals surface area contributed by atoms with Crippen LogP contribution in [0.4, 0.5) is 4.39 Å².